The molecule has 0 saturated heterocycles. The molecule has 1 atom stereocenters. The van der Waals surface area contributed by atoms with Crippen LogP contribution in [0.1, 0.15) is 26.3 Å². The third-order valence-corrected chi connectivity index (χ3v) is 2.42. The highest BCUT2D eigenvalue weighted by Gasteiger charge is 2.22. The van der Waals surface area contributed by atoms with Crippen molar-refractivity contribution in [2.75, 3.05) is 0 Å². The molecule has 1 heterocycles. The van der Waals surface area contributed by atoms with E-state index in [-0.39, 0.29) is 5.97 Å². The Morgan fingerprint density at radius 1 is 1.53 bits per heavy atom. The predicted octanol–water partition coefficient (Wildman–Crippen LogP) is 2.06. The molecule has 0 unspecified atom stereocenters. The zero-order valence-electron chi connectivity index (χ0n) is 10.2. The molecule has 0 aromatic carbocycles. The summed E-state index contributed by atoms with van der Waals surface area (Å²) < 4.78 is 5.96. The molecule has 1 aromatic heterocycles. The molecule has 1 aromatic rings. The number of ether oxygens (including phenoxy) is 1. The number of halogens is 1. The smallest absolute Gasteiger partial charge is 0.323 e. The first kappa shape index (κ1) is 14.1. The topological polar surface area (TPSA) is 65.2 Å². The molecule has 0 aliphatic heterocycles. The lowest BCUT2D eigenvalue weighted by molar-refractivity contribution is -0.156. The first-order valence-corrected chi connectivity index (χ1v) is 6.16. The van der Waals surface area contributed by atoms with Crippen LogP contribution < -0.4 is 5.73 Å². The summed E-state index contributed by atoms with van der Waals surface area (Å²) in [5.74, 6) is -0.389. The lowest BCUT2D eigenvalue weighted by atomic mass is 10.1. The molecule has 4 nitrogen and oxygen atoms in total. The van der Waals surface area contributed by atoms with Gasteiger partial charge in [-0.15, -0.1) is 0 Å². The van der Waals surface area contributed by atoms with E-state index in [1.54, 1.807) is 6.20 Å². The second-order valence-corrected chi connectivity index (χ2v) is 5.65. The van der Waals surface area contributed by atoms with E-state index in [9.17, 15) is 4.79 Å². The van der Waals surface area contributed by atoms with Crippen molar-refractivity contribution in [1.82, 2.24) is 4.98 Å². The van der Waals surface area contributed by atoms with Crippen molar-refractivity contribution in [2.24, 2.45) is 5.73 Å². The van der Waals surface area contributed by atoms with Gasteiger partial charge in [0, 0.05) is 6.20 Å². The normalized spacial score (nSPS) is 13.2. The van der Waals surface area contributed by atoms with Gasteiger partial charge in [0.25, 0.3) is 0 Å². The number of esters is 1. The fraction of sp³-hybridized carbons (Fsp3) is 0.500. The van der Waals surface area contributed by atoms with Crippen molar-refractivity contribution in [3.8, 4) is 0 Å². The van der Waals surface area contributed by atoms with E-state index in [1.165, 1.54) is 0 Å². The van der Waals surface area contributed by atoms with Crippen LogP contribution >= 0.6 is 15.9 Å². The molecule has 0 aliphatic carbocycles. The number of pyridine rings is 1. The first-order valence-electron chi connectivity index (χ1n) is 5.37. The Morgan fingerprint density at radius 2 is 2.18 bits per heavy atom. The molecule has 0 spiro atoms. The van der Waals surface area contributed by atoms with Crippen LogP contribution in [-0.2, 0) is 16.0 Å². The van der Waals surface area contributed by atoms with Gasteiger partial charge in [-0.3, -0.25) is 4.79 Å². The summed E-state index contributed by atoms with van der Waals surface area (Å²) in [5, 5.41) is 0. The fourth-order valence-corrected chi connectivity index (χ4v) is 1.48. The zero-order chi connectivity index (χ0) is 13.1. The molecule has 0 radical (unpaired) electrons. The molecule has 5 heteroatoms. The molecule has 1 rings (SSSR count). The number of hydrogen-bond donors (Lipinski definition) is 1. The average molecular weight is 301 g/mol. The van der Waals surface area contributed by atoms with Gasteiger partial charge < -0.3 is 10.5 Å². The van der Waals surface area contributed by atoms with Crippen molar-refractivity contribution in [3.05, 3.63) is 28.5 Å². The van der Waals surface area contributed by atoms with Gasteiger partial charge in [0.05, 0.1) is 0 Å². The number of carbonyl (C=O) groups excluding carboxylic acids is 1. The summed E-state index contributed by atoms with van der Waals surface area (Å²) >= 11 is 3.25. The summed E-state index contributed by atoms with van der Waals surface area (Å²) in [7, 11) is 0. The quantitative estimate of drug-likeness (QED) is 0.685. The molecule has 0 aliphatic rings. The van der Waals surface area contributed by atoms with Gasteiger partial charge in [0.15, 0.2) is 0 Å². The third-order valence-electron chi connectivity index (χ3n) is 1.95. The minimum atomic E-state index is -0.655. The van der Waals surface area contributed by atoms with E-state index in [0.717, 1.165) is 10.2 Å². The van der Waals surface area contributed by atoms with Crippen molar-refractivity contribution in [1.29, 1.82) is 0 Å². The average Bonchev–Trinajstić information content (AvgIpc) is 2.19. The van der Waals surface area contributed by atoms with Crippen LogP contribution in [0.4, 0.5) is 0 Å². The van der Waals surface area contributed by atoms with Crippen LogP contribution in [0.25, 0.3) is 0 Å². The number of nitrogens with zero attached hydrogens (tertiary/aromatic N) is 1. The Labute approximate surface area is 110 Å². The highest BCUT2D eigenvalue weighted by atomic mass is 79.9. The molecular formula is C12H17BrN2O2. The molecular weight excluding hydrogens is 284 g/mol. The van der Waals surface area contributed by atoms with Gasteiger partial charge >= 0.3 is 5.97 Å². The standard InChI is InChI=1S/C12H17BrN2O2/c1-12(2,3)17-11(16)9(14)6-8-4-5-10(13)15-7-8/h4-5,7,9H,6,14H2,1-3H3/t9-/m1/s1. The Morgan fingerprint density at radius 3 is 2.65 bits per heavy atom. The third kappa shape index (κ3) is 5.28. The largest absolute Gasteiger partial charge is 0.459 e. The summed E-state index contributed by atoms with van der Waals surface area (Å²) in [6, 6.07) is 3.04. The number of rotatable bonds is 3. The van der Waals surface area contributed by atoms with Crippen molar-refractivity contribution < 1.29 is 9.53 Å². The molecule has 0 saturated carbocycles. The maximum absolute atomic E-state index is 11.7. The second-order valence-electron chi connectivity index (χ2n) is 4.83. The molecule has 17 heavy (non-hydrogen) atoms. The van der Waals surface area contributed by atoms with E-state index in [1.807, 2.05) is 32.9 Å². The number of nitrogens with two attached hydrogens (primary N) is 1. The maximum atomic E-state index is 11.7. The number of carbonyl (C=O) groups is 1. The molecule has 0 bridgehead atoms. The summed E-state index contributed by atoms with van der Waals surface area (Å²) in [5.41, 5.74) is 6.18. The lowest BCUT2D eigenvalue weighted by Crippen LogP contribution is -2.38. The molecule has 94 valence electrons. The predicted molar refractivity (Wildman–Crippen MR) is 69.5 cm³/mol. The monoisotopic (exact) mass is 300 g/mol. The second kappa shape index (κ2) is 5.60. The molecule has 2 N–H and O–H groups in total. The van der Waals surface area contributed by atoms with Gasteiger partial charge in [-0.1, -0.05) is 6.07 Å². The highest BCUT2D eigenvalue weighted by molar-refractivity contribution is 9.10. The van der Waals surface area contributed by atoms with Crippen LogP contribution in [0.15, 0.2) is 22.9 Å². The van der Waals surface area contributed by atoms with Gasteiger partial charge in [-0.25, -0.2) is 4.98 Å². The van der Waals surface area contributed by atoms with Crippen molar-refractivity contribution >= 4 is 21.9 Å². The fourth-order valence-electron chi connectivity index (χ4n) is 1.24. The minimum Gasteiger partial charge on any atom is -0.459 e. The van der Waals surface area contributed by atoms with Gasteiger partial charge in [-0.2, -0.15) is 0 Å². The lowest BCUT2D eigenvalue weighted by Gasteiger charge is -2.22. The SMILES string of the molecule is CC(C)(C)OC(=O)[C@H](N)Cc1ccc(Br)nc1. The minimum absolute atomic E-state index is 0.389. The maximum Gasteiger partial charge on any atom is 0.323 e. The Balaban J connectivity index is 2.57. The number of hydrogen-bond acceptors (Lipinski definition) is 4. The van der Waals surface area contributed by atoms with Crippen molar-refractivity contribution in [3.63, 3.8) is 0 Å². The summed E-state index contributed by atoms with van der Waals surface area (Å²) in [6.45, 7) is 5.45. The first-order chi connectivity index (χ1) is 7.78. The van der Waals surface area contributed by atoms with Crippen LogP contribution in [-0.4, -0.2) is 22.6 Å². The van der Waals surface area contributed by atoms with Crippen LogP contribution in [0.2, 0.25) is 0 Å². The van der Waals surface area contributed by atoms with E-state index < -0.39 is 11.6 Å². The van der Waals surface area contributed by atoms with E-state index in [2.05, 4.69) is 20.9 Å². The Kier molecular flexibility index (Phi) is 4.65. The summed E-state index contributed by atoms with van der Waals surface area (Å²) in [6.07, 6.45) is 2.11. The van der Waals surface area contributed by atoms with Crippen LogP contribution in [0.5, 0.6) is 0 Å². The van der Waals surface area contributed by atoms with Gasteiger partial charge in [0.2, 0.25) is 0 Å². The van der Waals surface area contributed by atoms with Crippen molar-refractivity contribution in [2.45, 2.75) is 38.8 Å². The summed E-state index contributed by atoms with van der Waals surface area (Å²) in [4.78, 5) is 15.7. The van der Waals surface area contributed by atoms with E-state index in [4.69, 9.17) is 10.5 Å². The highest BCUT2D eigenvalue weighted by Crippen LogP contribution is 2.11. The zero-order valence-corrected chi connectivity index (χ0v) is 11.8. The van der Waals surface area contributed by atoms with Gasteiger partial charge in [-0.05, 0) is 54.8 Å². The van der Waals surface area contributed by atoms with Crippen LogP contribution in [0.3, 0.4) is 0 Å². The Hall–Kier alpha value is -0.940. The Bertz CT molecular complexity index is 384. The molecule has 0 amide bonds. The number of aromatic nitrogens is 1. The van der Waals surface area contributed by atoms with E-state index >= 15 is 0 Å². The van der Waals surface area contributed by atoms with Crippen LogP contribution in [0, 0.1) is 0 Å². The van der Waals surface area contributed by atoms with Gasteiger partial charge in [0.1, 0.15) is 16.2 Å². The molecule has 0 fully saturated rings. The van der Waals surface area contributed by atoms with E-state index in [0.29, 0.717) is 6.42 Å².